The van der Waals surface area contributed by atoms with Crippen LogP contribution >= 0.6 is 23.2 Å². The number of halogens is 5. The summed E-state index contributed by atoms with van der Waals surface area (Å²) >= 11 is 11.9. The first kappa shape index (κ1) is 19.5. The topological polar surface area (TPSA) is 49.4 Å². The predicted octanol–water partition coefficient (Wildman–Crippen LogP) is 5.00. The van der Waals surface area contributed by atoms with E-state index < -0.39 is 29.5 Å². The Morgan fingerprint density at radius 3 is 2.56 bits per heavy atom. The van der Waals surface area contributed by atoms with Gasteiger partial charge < -0.3 is 10.2 Å². The maximum absolute atomic E-state index is 12.8. The molecule has 0 aromatic heterocycles. The van der Waals surface area contributed by atoms with Crippen LogP contribution in [0.3, 0.4) is 0 Å². The molecule has 4 nitrogen and oxygen atoms in total. The fraction of sp³-hybridized carbons (Fsp3) is 0.222. The highest BCUT2D eigenvalue weighted by Crippen LogP contribution is 2.34. The number of hydrogen-bond donors (Lipinski definition) is 1. The molecule has 0 unspecified atom stereocenters. The minimum absolute atomic E-state index is 0.0226. The number of anilines is 2. The SMILES string of the molecule is O=C(Nc1cccc(C(F)(F)F)c1)[C@@H]1CCN(c2ccc(Cl)cc2Cl)C1=O. The third-order valence-electron chi connectivity index (χ3n) is 4.18. The van der Waals surface area contributed by atoms with Gasteiger partial charge >= 0.3 is 6.18 Å². The zero-order valence-electron chi connectivity index (χ0n) is 13.7. The lowest BCUT2D eigenvalue weighted by atomic mass is 10.1. The second-order valence-electron chi connectivity index (χ2n) is 5.99. The highest BCUT2D eigenvalue weighted by molar-refractivity contribution is 6.37. The molecule has 27 heavy (non-hydrogen) atoms. The van der Waals surface area contributed by atoms with Crippen molar-refractivity contribution in [3.63, 3.8) is 0 Å². The van der Waals surface area contributed by atoms with E-state index in [0.29, 0.717) is 10.7 Å². The average Bonchev–Trinajstić information content (AvgIpc) is 2.96. The van der Waals surface area contributed by atoms with Crippen LogP contribution < -0.4 is 10.2 Å². The van der Waals surface area contributed by atoms with E-state index in [0.717, 1.165) is 12.1 Å². The predicted molar refractivity (Wildman–Crippen MR) is 97.0 cm³/mol. The van der Waals surface area contributed by atoms with Crippen molar-refractivity contribution in [3.05, 3.63) is 58.1 Å². The van der Waals surface area contributed by atoms with Crippen molar-refractivity contribution >= 4 is 46.4 Å². The van der Waals surface area contributed by atoms with Crippen LogP contribution in [0.15, 0.2) is 42.5 Å². The van der Waals surface area contributed by atoms with Crippen molar-refractivity contribution in [2.45, 2.75) is 12.6 Å². The molecule has 0 radical (unpaired) electrons. The summed E-state index contributed by atoms with van der Waals surface area (Å²) in [5, 5.41) is 3.07. The smallest absolute Gasteiger partial charge is 0.325 e. The summed E-state index contributed by atoms with van der Waals surface area (Å²) in [6.45, 7) is 0.265. The molecule has 0 bridgehead atoms. The van der Waals surface area contributed by atoms with Crippen LogP contribution in [0.5, 0.6) is 0 Å². The number of alkyl halides is 3. The highest BCUT2D eigenvalue weighted by atomic mass is 35.5. The lowest BCUT2D eigenvalue weighted by Gasteiger charge is -2.18. The van der Waals surface area contributed by atoms with Crippen LogP contribution in [0, 0.1) is 5.92 Å². The van der Waals surface area contributed by atoms with Gasteiger partial charge in [-0.3, -0.25) is 9.59 Å². The number of rotatable bonds is 3. The van der Waals surface area contributed by atoms with Gasteiger partial charge in [-0.15, -0.1) is 0 Å². The summed E-state index contributed by atoms with van der Waals surface area (Å²) < 4.78 is 38.3. The van der Waals surface area contributed by atoms with Crippen LogP contribution in [-0.4, -0.2) is 18.4 Å². The van der Waals surface area contributed by atoms with Crippen LogP contribution in [0.1, 0.15) is 12.0 Å². The molecule has 0 aliphatic carbocycles. The van der Waals surface area contributed by atoms with Crippen LogP contribution in [-0.2, 0) is 15.8 Å². The number of carbonyl (C=O) groups is 2. The molecule has 0 saturated carbocycles. The monoisotopic (exact) mass is 416 g/mol. The van der Waals surface area contributed by atoms with Crippen molar-refractivity contribution < 1.29 is 22.8 Å². The molecule has 1 aliphatic rings. The number of hydrogen-bond acceptors (Lipinski definition) is 2. The maximum atomic E-state index is 12.8. The molecule has 2 aromatic rings. The summed E-state index contributed by atoms with van der Waals surface area (Å²) in [6.07, 6.45) is -4.30. The Labute approximate surface area is 162 Å². The minimum Gasteiger partial charge on any atom is -0.325 e. The Balaban J connectivity index is 1.74. The molecule has 2 aromatic carbocycles. The molecule has 9 heteroatoms. The number of benzene rings is 2. The molecule has 1 atom stereocenters. The normalized spacial score (nSPS) is 17.3. The Morgan fingerprint density at radius 2 is 1.89 bits per heavy atom. The van der Waals surface area contributed by atoms with Crippen molar-refractivity contribution in [2.75, 3.05) is 16.8 Å². The number of amides is 2. The molecule has 2 amide bonds. The molecule has 142 valence electrons. The summed E-state index contributed by atoms with van der Waals surface area (Å²) in [5.74, 6) is -2.14. The Kier molecular flexibility index (Phi) is 5.35. The summed E-state index contributed by atoms with van der Waals surface area (Å²) in [5.41, 5.74) is -0.473. The fourth-order valence-electron chi connectivity index (χ4n) is 2.87. The van der Waals surface area contributed by atoms with Gasteiger partial charge in [-0.05, 0) is 42.8 Å². The molecule has 3 rings (SSSR count). The van der Waals surface area contributed by atoms with E-state index in [2.05, 4.69) is 5.32 Å². The zero-order chi connectivity index (χ0) is 19.8. The molecular formula is C18H13Cl2F3N2O2. The molecule has 1 heterocycles. The van der Waals surface area contributed by atoms with Crippen LogP contribution in [0.25, 0.3) is 0 Å². The second kappa shape index (κ2) is 7.40. The standard InChI is InChI=1S/C18H13Cl2F3N2O2/c19-11-4-5-15(14(20)9-11)25-7-6-13(17(25)27)16(26)24-12-3-1-2-10(8-12)18(21,22)23/h1-5,8-9,13H,6-7H2,(H,24,26)/t13-/m0/s1. The van der Waals surface area contributed by atoms with Gasteiger partial charge in [0.05, 0.1) is 16.3 Å². The lowest BCUT2D eigenvalue weighted by Crippen LogP contribution is -2.33. The van der Waals surface area contributed by atoms with Gasteiger partial charge in [0.15, 0.2) is 0 Å². The van der Waals surface area contributed by atoms with Gasteiger partial charge in [0.1, 0.15) is 5.92 Å². The summed E-state index contributed by atoms with van der Waals surface area (Å²) in [6, 6.07) is 8.89. The minimum atomic E-state index is -4.52. The van der Waals surface area contributed by atoms with Crippen molar-refractivity contribution in [1.29, 1.82) is 0 Å². The first-order valence-electron chi connectivity index (χ1n) is 7.91. The fourth-order valence-corrected chi connectivity index (χ4v) is 3.38. The van der Waals surface area contributed by atoms with E-state index in [1.165, 1.54) is 23.1 Å². The lowest BCUT2D eigenvalue weighted by molar-refractivity contribution is -0.137. The average molecular weight is 417 g/mol. The van der Waals surface area contributed by atoms with Crippen LogP contribution in [0.2, 0.25) is 10.0 Å². The molecule has 0 spiro atoms. The van der Waals surface area contributed by atoms with Gasteiger partial charge in [0.25, 0.3) is 0 Å². The largest absolute Gasteiger partial charge is 0.416 e. The van der Waals surface area contributed by atoms with E-state index in [-0.39, 0.29) is 23.7 Å². The summed E-state index contributed by atoms with van der Waals surface area (Å²) in [7, 11) is 0. The Hall–Kier alpha value is -2.25. The number of carbonyl (C=O) groups excluding carboxylic acids is 2. The van der Waals surface area contributed by atoms with E-state index in [4.69, 9.17) is 23.2 Å². The van der Waals surface area contributed by atoms with Gasteiger partial charge in [-0.2, -0.15) is 13.2 Å². The van der Waals surface area contributed by atoms with Gasteiger partial charge in [-0.25, -0.2) is 0 Å². The van der Waals surface area contributed by atoms with E-state index in [1.807, 2.05) is 0 Å². The highest BCUT2D eigenvalue weighted by Gasteiger charge is 2.38. The van der Waals surface area contributed by atoms with E-state index >= 15 is 0 Å². The van der Waals surface area contributed by atoms with Crippen molar-refractivity contribution in [1.82, 2.24) is 0 Å². The zero-order valence-corrected chi connectivity index (χ0v) is 15.2. The van der Waals surface area contributed by atoms with Gasteiger partial charge in [0.2, 0.25) is 11.8 Å². The Morgan fingerprint density at radius 1 is 1.15 bits per heavy atom. The van der Waals surface area contributed by atoms with E-state index in [9.17, 15) is 22.8 Å². The molecule has 1 aliphatic heterocycles. The number of nitrogens with one attached hydrogen (secondary N) is 1. The second-order valence-corrected chi connectivity index (χ2v) is 6.84. The molecule has 1 saturated heterocycles. The first-order chi connectivity index (χ1) is 12.7. The van der Waals surface area contributed by atoms with Crippen molar-refractivity contribution in [2.24, 2.45) is 5.92 Å². The molecular weight excluding hydrogens is 404 g/mol. The van der Waals surface area contributed by atoms with Crippen molar-refractivity contribution in [3.8, 4) is 0 Å². The maximum Gasteiger partial charge on any atom is 0.416 e. The quantitative estimate of drug-likeness (QED) is 0.715. The number of nitrogens with zero attached hydrogens (tertiary/aromatic N) is 1. The first-order valence-corrected chi connectivity index (χ1v) is 8.67. The van der Waals surface area contributed by atoms with Gasteiger partial charge in [-0.1, -0.05) is 29.3 Å². The summed E-state index contributed by atoms with van der Waals surface area (Å²) in [4.78, 5) is 26.4. The molecule has 1 N–H and O–H groups in total. The van der Waals surface area contributed by atoms with Gasteiger partial charge in [0, 0.05) is 17.3 Å². The Bertz CT molecular complexity index is 902. The van der Waals surface area contributed by atoms with E-state index in [1.54, 1.807) is 12.1 Å². The third-order valence-corrected chi connectivity index (χ3v) is 4.72. The molecule has 1 fully saturated rings. The third kappa shape index (κ3) is 4.20. The van der Waals surface area contributed by atoms with Crippen LogP contribution in [0.4, 0.5) is 24.5 Å².